The summed E-state index contributed by atoms with van der Waals surface area (Å²) in [5.74, 6) is -1.45. The molecule has 0 bridgehead atoms. The van der Waals surface area contributed by atoms with Crippen molar-refractivity contribution in [1.82, 2.24) is 0 Å². The Balaban J connectivity index is 3.64. The van der Waals surface area contributed by atoms with Crippen LogP contribution in [0.3, 0.4) is 0 Å². The molecule has 70 valence electrons. The molecule has 0 aromatic carbocycles. The van der Waals surface area contributed by atoms with E-state index in [9.17, 15) is 9.59 Å². The van der Waals surface area contributed by atoms with Crippen LogP contribution in [0.15, 0.2) is 0 Å². The van der Waals surface area contributed by atoms with Crippen molar-refractivity contribution in [3.05, 3.63) is 0 Å². The zero-order valence-corrected chi connectivity index (χ0v) is 7.07. The van der Waals surface area contributed by atoms with Gasteiger partial charge in [-0.3, -0.25) is 0 Å². The number of aliphatic hydroxyl groups excluding tert-OH is 1. The lowest BCUT2D eigenvalue weighted by molar-refractivity contribution is -0.162. The maximum atomic E-state index is 10.7. The zero-order valence-electron chi connectivity index (χ0n) is 7.07. The van der Waals surface area contributed by atoms with E-state index in [0.29, 0.717) is 0 Å². The van der Waals surface area contributed by atoms with E-state index in [1.54, 1.807) is 6.92 Å². The largest absolute Gasteiger partial charge is 0.466 e. The van der Waals surface area contributed by atoms with Crippen molar-refractivity contribution in [2.75, 3.05) is 13.7 Å². The first-order chi connectivity index (χ1) is 5.61. The first-order valence-electron chi connectivity index (χ1n) is 3.53. The molecule has 5 heteroatoms. The second kappa shape index (κ2) is 5.54. The van der Waals surface area contributed by atoms with Gasteiger partial charge in [0.25, 0.3) is 0 Å². The molecule has 1 N–H and O–H groups in total. The van der Waals surface area contributed by atoms with E-state index >= 15 is 0 Å². The highest BCUT2D eigenvalue weighted by atomic mass is 16.6. The number of methoxy groups -OCH3 is 1. The first-order valence-corrected chi connectivity index (χ1v) is 3.53. The number of rotatable bonds is 4. The maximum absolute atomic E-state index is 10.7. The van der Waals surface area contributed by atoms with E-state index < -0.39 is 24.6 Å². The molecule has 12 heavy (non-hydrogen) atoms. The summed E-state index contributed by atoms with van der Waals surface area (Å²) in [5.41, 5.74) is 0. The minimum absolute atomic E-state index is 0.264. The minimum Gasteiger partial charge on any atom is -0.466 e. The van der Waals surface area contributed by atoms with Crippen LogP contribution in [0.1, 0.15) is 13.3 Å². The number of hydrogen-bond acceptors (Lipinski definition) is 5. The van der Waals surface area contributed by atoms with Gasteiger partial charge in [-0.2, -0.15) is 0 Å². The average molecular weight is 176 g/mol. The van der Waals surface area contributed by atoms with Gasteiger partial charge in [-0.05, 0) is 6.42 Å². The van der Waals surface area contributed by atoms with Crippen molar-refractivity contribution >= 4 is 11.9 Å². The first kappa shape index (κ1) is 10.9. The Labute approximate surface area is 70.3 Å². The third kappa shape index (κ3) is 3.92. The van der Waals surface area contributed by atoms with Crippen molar-refractivity contribution in [3.63, 3.8) is 0 Å². The summed E-state index contributed by atoms with van der Waals surface area (Å²) in [5, 5.41) is 8.89. The Kier molecular flexibility index (Phi) is 5.03. The molecule has 5 nitrogen and oxygen atoms in total. The summed E-state index contributed by atoms with van der Waals surface area (Å²) in [6, 6.07) is 0. The molecule has 0 aromatic heterocycles. The smallest absolute Gasteiger partial charge is 0.344 e. The number of esters is 2. The Bertz CT molecular complexity index is 165. The van der Waals surface area contributed by atoms with Gasteiger partial charge in [-0.15, -0.1) is 0 Å². The minimum atomic E-state index is -1.16. The molecule has 0 aliphatic heterocycles. The van der Waals surface area contributed by atoms with Gasteiger partial charge >= 0.3 is 11.9 Å². The lowest BCUT2D eigenvalue weighted by Gasteiger charge is -2.06. The maximum Gasteiger partial charge on any atom is 0.344 e. The van der Waals surface area contributed by atoms with Crippen LogP contribution in [0.5, 0.6) is 0 Å². The molecule has 0 aromatic rings. The Hall–Kier alpha value is -1.10. The predicted molar refractivity (Wildman–Crippen MR) is 39.3 cm³/mol. The van der Waals surface area contributed by atoms with E-state index in [1.807, 2.05) is 0 Å². The number of carbonyl (C=O) groups excluding carboxylic acids is 2. The van der Waals surface area contributed by atoms with Crippen molar-refractivity contribution in [1.29, 1.82) is 0 Å². The van der Waals surface area contributed by atoms with Crippen LogP contribution in [-0.4, -0.2) is 36.9 Å². The van der Waals surface area contributed by atoms with E-state index in [-0.39, 0.29) is 6.42 Å². The van der Waals surface area contributed by atoms with Gasteiger partial charge in [-0.1, -0.05) is 6.92 Å². The second-order valence-electron chi connectivity index (χ2n) is 2.11. The zero-order chi connectivity index (χ0) is 9.56. The van der Waals surface area contributed by atoms with Gasteiger partial charge in [0.1, 0.15) is 0 Å². The summed E-state index contributed by atoms with van der Waals surface area (Å²) >= 11 is 0. The normalized spacial score (nSPS) is 11.9. The van der Waals surface area contributed by atoms with Gasteiger partial charge in [0, 0.05) is 0 Å². The summed E-state index contributed by atoms with van der Waals surface area (Å²) in [4.78, 5) is 21.2. The lowest BCUT2D eigenvalue weighted by atomic mass is 10.3. The Morgan fingerprint density at radius 2 is 2.08 bits per heavy atom. The van der Waals surface area contributed by atoms with Gasteiger partial charge in [0.05, 0.1) is 7.11 Å². The topological polar surface area (TPSA) is 72.8 Å². The molecule has 0 saturated heterocycles. The Morgan fingerprint density at radius 3 is 2.50 bits per heavy atom. The fourth-order valence-electron chi connectivity index (χ4n) is 0.452. The number of aliphatic hydroxyl groups is 1. The standard InChI is InChI=1S/C7H12O5/c1-3-5(8)7(10)12-4-6(9)11-2/h5,8H,3-4H2,1-2H3. The van der Waals surface area contributed by atoms with Gasteiger partial charge in [-0.25, -0.2) is 9.59 Å². The monoisotopic (exact) mass is 176 g/mol. The summed E-state index contributed by atoms with van der Waals surface area (Å²) in [7, 11) is 1.19. The highest BCUT2D eigenvalue weighted by molar-refractivity contribution is 5.78. The van der Waals surface area contributed by atoms with Crippen molar-refractivity contribution in [2.24, 2.45) is 0 Å². The predicted octanol–water partition coefficient (Wildman–Crippen LogP) is -0.527. The molecular formula is C7H12O5. The van der Waals surface area contributed by atoms with Gasteiger partial charge in [0.2, 0.25) is 0 Å². The summed E-state index contributed by atoms with van der Waals surface area (Å²) in [6.45, 7) is 1.18. The molecule has 0 aliphatic rings. The SMILES string of the molecule is CCC(O)C(=O)OCC(=O)OC. The fraction of sp³-hybridized carbons (Fsp3) is 0.714. The molecule has 0 aliphatic carbocycles. The molecule has 0 spiro atoms. The molecular weight excluding hydrogens is 164 g/mol. The highest BCUT2D eigenvalue weighted by Gasteiger charge is 2.15. The van der Waals surface area contributed by atoms with Crippen LogP contribution < -0.4 is 0 Å². The van der Waals surface area contributed by atoms with Crippen molar-refractivity contribution in [2.45, 2.75) is 19.4 Å². The van der Waals surface area contributed by atoms with Crippen LogP contribution >= 0.6 is 0 Å². The molecule has 0 radical (unpaired) electrons. The van der Waals surface area contributed by atoms with Crippen LogP contribution in [-0.2, 0) is 19.1 Å². The number of hydrogen-bond donors (Lipinski definition) is 1. The molecule has 0 saturated carbocycles. The van der Waals surface area contributed by atoms with Crippen LogP contribution in [0.2, 0.25) is 0 Å². The highest BCUT2D eigenvalue weighted by Crippen LogP contribution is 1.93. The van der Waals surface area contributed by atoms with Gasteiger partial charge in [0.15, 0.2) is 12.7 Å². The molecule has 0 heterocycles. The van der Waals surface area contributed by atoms with Crippen LogP contribution in [0, 0.1) is 0 Å². The summed E-state index contributed by atoms with van der Waals surface area (Å²) < 4.78 is 8.60. The number of ether oxygens (including phenoxy) is 2. The summed E-state index contributed by atoms with van der Waals surface area (Å²) in [6.07, 6.45) is -0.894. The van der Waals surface area contributed by atoms with E-state index in [1.165, 1.54) is 7.11 Å². The van der Waals surface area contributed by atoms with E-state index in [0.717, 1.165) is 0 Å². The average Bonchev–Trinajstić information content (AvgIpc) is 2.11. The third-order valence-corrected chi connectivity index (χ3v) is 1.22. The third-order valence-electron chi connectivity index (χ3n) is 1.22. The molecule has 0 amide bonds. The van der Waals surface area contributed by atoms with Gasteiger partial charge < -0.3 is 14.6 Å². The van der Waals surface area contributed by atoms with Crippen molar-refractivity contribution < 1.29 is 24.2 Å². The fourth-order valence-corrected chi connectivity index (χ4v) is 0.452. The van der Waals surface area contributed by atoms with Crippen LogP contribution in [0.4, 0.5) is 0 Å². The van der Waals surface area contributed by atoms with E-state index in [4.69, 9.17) is 5.11 Å². The Morgan fingerprint density at radius 1 is 1.50 bits per heavy atom. The lowest BCUT2D eigenvalue weighted by Crippen LogP contribution is -2.25. The van der Waals surface area contributed by atoms with Crippen molar-refractivity contribution in [3.8, 4) is 0 Å². The molecule has 0 fully saturated rings. The van der Waals surface area contributed by atoms with Crippen LogP contribution in [0.25, 0.3) is 0 Å². The second-order valence-corrected chi connectivity index (χ2v) is 2.11. The molecule has 1 atom stereocenters. The molecule has 1 unspecified atom stereocenters. The molecule has 0 rings (SSSR count). The van der Waals surface area contributed by atoms with E-state index in [2.05, 4.69) is 9.47 Å². The quantitative estimate of drug-likeness (QED) is 0.583. The number of carbonyl (C=O) groups is 2.